The fraction of sp³-hybridized carbons (Fsp3) is 0.765. The number of hydrogen-bond donors (Lipinski definition) is 2. The lowest BCUT2D eigenvalue weighted by molar-refractivity contribution is -0.000272. The van der Waals surface area contributed by atoms with Crippen molar-refractivity contribution in [3.8, 4) is 0 Å². The topological polar surface area (TPSA) is 58.7 Å². The van der Waals surface area contributed by atoms with Crippen LogP contribution in [0.3, 0.4) is 0 Å². The molecule has 21 heavy (non-hydrogen) atoms. The summed E-state index contributed by atoms with van der Waals surface area (Å²) in [5.74, 6) is 1.36. The number of nitrogens with two attached hydrogens (primary N) is 1. The van der Waals surface area contributed by atoms with E-state index < -0.39 is 0 Å². The van der Waals surface area contributed by atoms with Gasteiger partial charge < -0.3 is 20.5 Å². The molecule has 1 heterocycles. The average Bonchev–Trinajstić information content (AvgIpc) is 2.46. The van der Waals surface area contributed by atoms with Gasteiger partial charge in [0.2, 0.25) is 0 Å². The van der Waals surface area contributed by atoms with Gasteiger partial charge in [0, 0.05) is 32.3 Å². The highest BCUT2D eigenvalue weighted by atomic mass is 16.5. The van der Waals surface area contributed by atoms with Gasteiger partial charge in [-0.15, -0.1) is 0 Å². The Balaban J connectivity index is 2.70. The predicted octanol–water partition coefficient (Wildman–Crippen LogP) is 2.35. The third-order valence-electron chi connectivity index (χ3n) is 4.45. The maximum Gasteiger partial charge on any atom is 0.0624 e. The van der Waals surface area contributed by atoms with Crippen LogP contribution >= 0.6 is 0 Å². The Morgan fingerprint density at radius 1 is 1.48 bits per heavy atom. The zero-order valence-corrected chi connectivity index (χ0v) is 14.0. The Morgan fingerprint density at radius 3 is 2.71 bits per heavy atom. The van der Waals surface area contributed by atoms with Crippen molar-refractivity contribution in [3.63, 3.8) is 0 Å². The van der Waals surface area contributed by atoms with E-state index in [-0.39, 0.29) is 12.0 Å². The number of piperidine rings is 1. The molecule has 0 amide bonds. The number of likely N-dealkylation sites (tertiary alicyclic amines) is 1. The molecule has 0 radical (unpaired) electrons. The minimum atomic E-state index is -0.275. The quantitative estimate of drug-likeness (QED) is 0.708. The molecule has 1 aliphatic rings. The summed E-state index contributed by atoms with van der Waals surface area (Å²) in [7, 11) is 1.68. The van der Waals surface area contributed by atoms with Crippen LogP contribution in [0.25, 0.3) is 0 Å². The molecule has 3 atom stereocenters. The summed E-state index contributed by atoms with van der Waals surface area (Å²) >= 11 is 0. The average molecular weight is 296 g/mol. The van der Waals surface area contributed by atoms with Crippen molar-refractivity contribution in [1.29, 1.82) is 0 Å². The Bertz CT molecular complexity index is 353. The minimum absolute atomic E-state index is 0.152. The van der Waals surface area contributed by atoms with Crippen LogP contribution in [0.4, 0.5) is 0 Å². The molecule has 3 N–H and O–H groups in total. The second-order valence-corrected chi connectivity index (χ2v) is 6.28. The highest BCUT2D eigenvalue weighted by Crippen LogP contribution is 2.23. The number of methoxy groups -OCH3 is 1. The summed E-state index contributed by atoms with van der Waals surface area (Å²) in [5.41, 5.74) is 6.86. The van der Waals surface area contributed by atoms with E-state index in [1.807, 2.05) is 0 Å². The van der Waals surface area contributed by atoms with Gasteiger partial charge in [0.05, 0.1) is 18.4 Å². The molecule has 0 saturated carbocycles. The summed E-state index contributed by atoms with van der Waals surface area (Å²) in [6.07, 6.45) is 7.70. The molecule has 0 aliphatic carbocycles. The largest absolute Gasteiger partial charge is 0.403 e. The number of rotatable bonds is 7. The summed E-state index contributed by atoms with van der Waals surface area (Å²) in [6, 6.07) is 0. The van der Waals surface area contributed by atoms with Crippen molar-refractivity contribution >= 4 is 0 Å². The third-order valence-corrected chi connectivity index (χ3v) is 4.45. The van der Waals surface area contributed by atoms with Gasteiger partial charge in [-0.1, -0.05) is 26.8 Å². The Labute approximate surface area is 129 Å². The standard InChI is InChI=1S/C17H32N2O2/c1-5-14(13(2)3)6-7-16(10-18)19-9-8-17(20)15(11-19)12-21-4/h6-7,10,13-15,17,20H,5,8-9,11-12,18H2,1-4H3/b7-6-,16-10+/t14?,15-,17-/m1/s1. The van der Waals surface area contributed by atoms with E-state index in [1.165, 1.54) is 0 Å². The molecule has 0 aromatic rings. The van der Waals surface area contributed by atoms with Crippen molar-refractivity contribution in [2.75, 3.05) is 26.8 Å². The number of aliphatic hydroxyl groups is 1. The van der Waals surface area contributed by atoms with Crippen LogP contribution in [-0.2, 0) is 4.74 Å². The lowest BCUT2D eigenvalue weighted by atomic mass is 9.92. The van der Waals surface area contributed by atoms with Gasteiger partial charge in [-0.25, -0.2) is 0 Å². The molecule has 4 nitrogen and oxygen atoms in total. The van der Waals surface area contributed by atoms with Gasteiger partial charge in [0.15, 0.2) is 0 Å². The molecule has 0 spiro atoms. The van der Waals surface area contributed by atoms with Gasteiger partial charge in [-0.2, -0.15) is 0 Å². The molecule has 1 aliphatic heterocycles. The number of ether oxygens (including phenoxy) is 1. The van der Waals surface area contributed by atoms with Gasteiger partial charge in [-0.05, 0) is 30.8 Å². The number of hydrogen-bond acceptors (Lipinski definition) is 4. The van der Waals surface area contributed by atoms with Crippen LogP contribution in [0, 0.1) is 17.8 Å². The first-order valence-electron chi connectivity index (χ1n) is 8.05. The summed E-state index contributed by atoms with van der Waals surface area (Å²) < 4.78 is 5.21. The van der Waals surface area contributed by atoms with Crippen molar-refractivity contribution < 1.29 is 9.84 Å². The van der Waals surface area contributed by atoms with E-state index in [0.29, 0.717) is 18.4 Å². The Morgan fingerprint density at radius 2 is 2.19 bits per heavy atom. The first kappa shape index (κ1) is 18.1. The SMILES string of the molecule is CCC(/C=C\C(=C/N)N1CC[C@@H](O)[C@@H](COC)C1)C(C)C. The van der Waals surface area contributed by atoms with Crippen molar-refractivity contribution in [1.82, 2.24) is 4.90 Å². The highest BCUT2D eigenvalue weighted by molar-refractivity contribution is 5.18. The second-order valence-electron chi connectivity index (χ2n) is 6.28. The molecule has 1 unspecified atom stereocenters. The van der Waals surface area contributed by atoms with Crippen molar-refractivity contribution in [2.24, 2.45) is 23.5 Å². The smallest absolute Gasteiger partial charge is 0.0624 e. The van der Waals surface area contributed by atoms with Crippen LogP contribution in [0.2, 0.25) is 0 Å². The highest BCUT2D eigenvalue weighted by Gasteiger charge is 2.28. The first-order chi connectivity index (χ1) is 10.0. The molecule has 122 valence electrons. The Kier molecular flexibility index (Phi) is 7.83. The molecule has 4 heteroatoms. The van der Waals surface area contributed by atoms with Crippen LogP contribution in [0.1, 0.15) is 33.6 Å². The van der Waals surface area contributed by atoms with Crippen molar-refractivity contribution in [2.45, 2.75) is 39.7 Å². The molecule has 0 bridgehead atoms. The van der Waals surface area contributed by atoms with Gasteiger partial charge in [0.1, 0.15) is 0 Å². The van der Waals surface area contributed by atoms with E-state index >= 15 is 0 Å². The fourth-order valence-corrected chi connectivity index (χ4v) is 2.95. The van der Waals surface area contributed by atoms with E-state index in [1.54, 1.807) is 13.3 Å². The maximum atomic E-state index is 10.0. The summed E-state index contributed by atoms with van der Waals surface area (Å²) in [4.78, 5) is 2.25. The Hall–Kier alpha value is -1.00. The number of allylic oxidation sites excluding steroid dienone is 2. The molecule has 1 fully saturated rings. The third kappa shape index (κ3) is 5.36. The van der Waals surface area contributed by atoms with Crippen LogP contribution in [0.15, 0.2) is 24.0 Å². The lowest BCUT2D eigenvalue weighted by Gasteiger charge is -2.37. The molecule has 1 rings (SSSR count). The lowest BCUT2D eigenvalue weighted by Crippen LogP contribution is -2.44. The molecular weight excluding hydrogens is 264 g/mol. The zero-order chi connectivity index (χ0) is 15.8. The predicted molar refractivity (Wildman–Crippen MR) is 87.6 cm³/mol. The van der Waals surface area contributed by atoms with Crippen LogP contribution in [0.5, 0.6) is 0 Å². The molecule has 0 aromatic carbocycles. The van der Waals surface area contributed by atoms with E-state index in [9.17, 15) is 5.11 Å². The second kappa shape index (κ2) is 9.11. The molecular formula is C17H32N2O2. The molecule has 1 saturated heterocycles. The summed E-state index contributed by atoms with van der Waals surface area (Å²) in [5, 5.41) is 10.0. The molecule has 0 aromatic heterocycles. The fourth-order valence-electron chi connectivity index (χ4n) is 2.95. The van der Waals surface area contributed by atoms with Gasteiger partial charge >= 0.3 is 0 Å². The van der Waals surface area contributed by atoms with Crippen LogP contribution in [-0.4, -0.2) is 42.9 Å². The van der Waals surface area contributed by atoms with Crippen LogP contribution < -0.4 is 5.73 Å². The maximum absolute atomic E-state index is 10.0. The monoisotopic (exact) mass is 296 g/mol. The number of aliphatic hydroxyl groups excluding tert-OH is 1. The van der Waals surface area contributed by atoms with E-state index in [0.717, 1.165) is 31.6 Å². The zero-order valence-electron chi connectivity index (χ0n) is 14.0. The van der Waals surface area contributed by atoms with E-state index in [2.05, 4.69) is 37.8 Å². The van der Waals surface area contributed by atoms with Gasteiger partial charge in [0.25, 0.3) is 0 Å². The van der Waals surface area contributed by atoms with E-state index in [4.69, 9.17) is 10.5 Å². The number of nitrogens with zero attached hydrogens (tertiary/aromatic N) is 1. The minimum Gasteiger partial charge on any atom is -0.403 e. The van der Waals surface area contributed by atoms with Crippen molar-refractivity contribution in [3.05, 3.63) is 24.0 Å². The summed E-state index contributed by atoms with van der Waals surface area (Å²) in [6.45, 7) is 8.93. The normalized spacial score (nSPS) is 25.8. The van der Waals surface area contributed by atoms with Gasteiger partial charge in [-0.3, -0.25) is 0 Å². The first-order valence-corrected chi connectivity index (χ1v) is 8.05.